The first-order chi connectivity index (χ1) is 6.55. The van der Waals surface area contributed by atoms with E-state index in [4.69, 9.17) is 5.73 Å². The Morgan fingerprint density at radius 2 is 2.43 bits per heavy atom. The van der Waals surface area contributed by atoms with Crippen molar-refractivity contribution in [3.05, 3.63) is 11.1 Å². The zero-order chi connectivity index (χ0) is 10.6. The number of hydrogen-bond donors (Lipinski definition) is 2. The molecule has 0 spiro atoms. The van der Waals surface area contributed by atoms with Gasteiger partial charge in [0.2, 0.25) is 0 Å². The van der Waals surface area contributed by atoms with E-state index in [1.54, 1.807) is 0 Å². The van der Waals surface area contributed by atoms with E-state index in [1.165, 1.54) is 5.38 Å². The van der Waals surface area contributed by atoms with Gasteiger partial charge < -0.3 is 11.1 Å². The molecule has 0 fully saturated rings. The molecule has 0 aliphatic heterocycles. The molecule has 0 saturated heterocycles. The highest BCUT2D eigenvalue weighted by atomic mass is 32.1. The molecule has 0 bridgehead atoms. The maximum absolute atomic E-state index is 12.6. The van der Waals surface area contributed by atoms with E-state index in [2.05, 4.69) is 9.59 Å². The number of nitrogens with two attached hydrogens (primary N) is 1. The number of rotatable bonds is 4. The van der Waals surface area contributed by atoms with Crippen LogP contribution in [0, 0.1) is 0 Å². The van der Waals surface area contributed by atoms with E-state index in [-0.39, 0.29) is 5.69 Å². The number of amides is 1. The molecule has 8 heteroatoms. The number of nitrogens with one attached hydrogen (secondary N) is 1. The summed E-state index contributed by atoms with van der Waals surface area (Å²) >= 11 is 0.973. The normalized spacial score (nSPS) is 11.4. The molecule has 5 nitrogen and oxygen atoms in total. The molecule has 0 saturated carbocycles. The number of alkyl halides is 2. The average Bonchev–Trinajstić information content (AvgIpc) is 2.67. The van der Waals surface area contributed by atoms with Crippen molar-refractivity contribution in [2.45, 2.75) is 5.92 Å². The van der Waals surface area contributed by atoms with Gasteiger partial charge in [-0.1, -0.05) is 4.49 Å². The van der Waals surface area contributed by atoms with Crippen LogP contribution >= 0.6 is 11.5 Å². The van der Waals surface area contributed by atoms with Crippen molar-refractivity contribution in [1.82, 2.24) is 14.9 Å². The standard InChI is InChI=1S/C6H8F2N4OS/c7-6(8,2-9)3-10-5(13)4-1-14-12-11-4/h1H,2-3,9H2,(H,10,13). The van der Waals surface area contributed by atoms with Gasteiger partial charge in [0.15, 0.2) is 5.69 Å². The lowest BCUT2D eigenvalue weighted by Crippen LogP contribution is -2.41. The summed E-state index contributed by atoms with van der Waals surface area (Å²) < 4.78 is 28.6. The minimum Gasteiger partial charge on any atom is -0.345 e. The highest BCUT2D eigenvalue weighted by Crippen LogP contribution is 2.09. The lowest BCUT2D eigenvalue weighted by atomic mass is 10.3. The van der Waals surface area contributed by atoms with Gasteiger partial charge in [-0.25, -0.2) is 8.78 Å². The Hall–Kier alpha value is -1.15. The Balaban J connectivity index is 2.43. The van der Waals surface area contributed by atoms with Crippen LogP contribution in [0.3, 0.4) is 0 Å². The molecule has 0 aliphatic carbocycles. The summed E-state index contributed by atoms with van der Waals surface area (Å²) in [6.45, 7) is -1.59. The van der Waals surface area contributed by atoms with E-state index in [1.807, 2.05) is 5.32 Å². The van der Waals surface area contributed by atoms with Gasteiger partial charge in [0, 0.05) is 5.38 Å². The first-order valence-electron chi connectivity index (χ1n) is 3.68. The second-order valence-electron chi connectivity index (χ2n) is 2.53. The van der Waals surface area contributed by atoms with Crippen molar-refractivity contribution in [1.29, 1.82) is 0 Å². The lowest BCUT2D eigenvalue weighted by Gasteiger charge is -2.13. The van der Waals surface area contributed by atoms with Gasteiger partial charge in [-0.05, 0) is 11.5 Å². The fourth-order valence-electron chi connectivity index (χ4n) is 0.636. The highest BCUT2D eigenvalue weighted by Gasteiger charge is 2.27. The van der Waals surface area contributed by atoms with E-state index >= 15 is 0 Å². The monoisotopic (exact) mass is 222 g/mol. The van der Waals surface area contributed by atoms with Crippen molar-refractivity contribution in [2.24, 2.45) is 5.73 Å². The minimum atomic E-state index is -3.08. The van der Waals surface area contributed by atoms with Crippen LogP contribution < -0.4 is 11.1 Å². The summed E-state index contributed by atoms with van der Waals surface area (Å²) in [7, 11) is 0. The SMILES string of the molecule is NCC(F)(F)CNC(=O)c1csnn1. The zero-order valence-electron chi connectivity index (χ0n) is 7.04. The molecule has 1 rings (SSSR count). The third kappa shape index (κ3) is 2.96. The molecule has 78 valence electrons. The number of carbonyl (C=O) groups is 1. The van der Waals surface area contributed by atoms with Crippen molar-refractivity contribution < 1.29 is 13.6 Å². The fraction of sp³-hybridized carbons (Fsp3) is 0.500. The first-order valence-corrected chi connectivity index (χ1v) is 4.52. The number of aromatic nitrogens is 2. The number of halogens is 2. The fourth-order valence-corrected chi connectivity index (χ4v) is 1.07. The summed E-state index contributed by atoms with van der Waals surface area (Å²) in [5.41, 5.74) is 4.81. The van der Waals surface area contributed by atoms with Crippen LogP contribution in [0.5, 0.6) is 0 Å². The molecule has 1 aromatic rings. The maximum Gasteiger partial charge on any atom is 0.277 e. The number of carbonyl (C=O) groups excluding carboxylic acids is 1. The Morgan fingerprint density at radius 3 is 2.93 bits per heavy atom. The van der Waals surface area contributed by atoms with Crippen LogP contribution in [0.25, 0.3) is 0 Å². The van der Waals surface area contributed by atoms with Gasteiger partial charge in [0.25, 0.3) is 11.8 Å². The first kappa shape index (κ1) is 10.9. The molecule has 14 heavy (non-hydrogen) atoms. The molecule has 3 N–H and O–H groups in total. The van der Waals surface area contributed by atoms with Gasteiger partial charge in [0.05, 0.1) is 13.1 Å². The van der Waals surface area contributed by atoms with Crippen LogP contribution in [0.4, 0.5) is 8.78 Å². The second kappa shape index (κ2) is 4.38. The van der Waals surface area contributed by atoms with Crippen LogP contribution in [0.1, 0.15) is 10.5 Å². The number of nitrogens with zero attached hydrogens (tertiary/aromatic N) is 2. The summed E-state index contributed by atoms with van der Waals surface area (Å²) in [6.07, 6.45) is 0. The van der Waals surface area contributed by atoms with E-state index < -0.39 is 24.9 Å². The summed E-state index contributed by atoms with van der Waals surface area (Å²) in [5.74, 6) is -3.76. The van der Waals surface area contributed by atoms with Crippen LogP contribution in [0.15, 0.2) is 5.38 Å². The van der Waals surface area contributed by atoms with Crippen molar-refractivity contribution in [2.75, 3.05) is 13.1 Å². The average molecular weight is 222 g/mol. The smallest absolute Gasteiger partial charge is 0.277 e. The van der Waals surface area contributed by atoms with Gasteiger partial charge in [-0.3, -0.25) is 4.79 Å². The van der Waals surface area contributed by atoms with Gasteiger partial charge in [0.1, 0.15) is 0 Å². The van der Waals surface area contributed by atoms with Crippen LogP contribution in [0.2, 0.25) is 0 Å². The van der Waals surface area contributed by atoms with Crippen molar-refractivity contribution in [3.63, 3.8) is 0 Å². The largest absolute Gasteiger partial charge is 0.345 e. The third-order valence-corrected chi connectivity index (χ3v) is 1.90. The lowest BCUT2D eigenvalue weighted by molar-refractivity contribution is 0.0118. The molecular formula is C6H8F2N4OS. The molecule has 0 aliphatic rings. The van der Waals surface area contributed by atoms with Gasteiger partial charge >= 0.3 is 0 Å². The second-order valence-corrected chi connectivity index (χ2v) is 3.14. The summed E-state index contributed by atoms with van der Waals surface area (Å²) in [6, 6.07) is 0. The quantitative estimate of drug-likeness (QED) is 0.743. The van der Waals surface area contributed by atoms with E-state index in [0.717, 1.165) is 11.5 Å². The molecule has 0 aromatic carbocycles. The topological polar surface area (TPSA) is 80.9 Å². The van der Waals surface area contributed by atoms with Crippen molar-refractivity contribution >= 4 is 17.4 Å². The molecule has 1 heterocycles. The van der Waals surface area contributed by atoms with Gasteiger partial charge in [-0.2, -0.15) is 0 Å². The Morgan fingerprint density at radius 1 is 1.71 bits per heavy atom. The summed E-state index contributed by atoms with van der Waals surface area (Å²) in [4.78, 5) is 11.1. The maximum atomic E-state index is 12.6. The number of hydrogen-bond acceptors (Lipinski definition) is 5. The third-order valence-electron chi connectivity index (χ3n) is 1.40. The Kier molecular flexibility index (Phi) is 3.42. The van der Waals surface area contributed by atoms with Crippen LogP contribution in [-0.2, 0) is 0 Å². The zero-order valence-corrected chi connectivity index (χ0v) is 7.85. The minimum absolute atomic E-state index is 0.0304. The molecule has 0 radical (unpaired) electrons. The molecule has 1 amide bonds. The van der Waals surface area contributed by atoms with E-state index in [9.17, 15) is 13.6 Å². The Bertz CT molecular complexity index is 303. The van der Waals surface area contributed by atoms with E-state index in [0.29, 0.717) is 0 Å². The molecule has 0 atom stereocenters. The Labute approximate surface area is 82.5 Å². The predicted molar refractivity (Wildman–Crippen MR) is 46.2 cm³/mol. The molecule has 1 aromatic heterocycles. The summed E-state index contributed by atoms with van der Waals surface area (Å²) in [5, 5.41) is 6.81. The predicted octanol–water partition coefficient (Wildman–Crippen LogP) is -0.138. The van der Waals surface area contributed by atoms with Crippen molar-refractivity contribution in [3.8, 4) is 0 Å². The molecular weight excluding hydrogens is 214 g/mol. The van der Waals surface area contributed by atoms with Gasteiger partial charge in [-0.15, -0.1) is 5.10 Å². The molecule has 0 unspecified atom stereocenters. The highest BCUT2D eigenvalue weighted by molar-refractivity contribution is 7.03. The van der Waals surface area contributed by atoms with Crippen LogP contribution in [-0.4, -0.2) is 34.5 Å².